The molecule has 5 nitrogen and oxygen atoms in total. The fraction of sp³-hybridized carbons (Fsp3) is 0.259. The number of thioether (sulfide) groups is 1. The average molecular weight is 461 g/mol. The molecular weight excluding hydrogens is 432 g/mol. The summed E-state index contributed by atoms with van der Waals surface area (Å²) in [4.78, 5) is 27.3. The normalized spacial score (nSPS) is 16.5. The van der Waals surface area contributed by atoms with Crippen LogP contribution in [0.25, 0.3) is 0 Å². The fourth-order valence-corrected chi connectivity index (χ4v) is 5.22. The van der Waals surface area contributed by atoms with Crippen LogP contribution in [0, 0.1) is 0 Å². The Labute approximate surface area is 199 Å². The van der Waals surface area contributed by atoms with E-state index in [4.69, 9.17) is 4.74 Å². The van der Waals surface area contributed by atoms with Crippen molar-refractivity contribution in [3.05, 3.63) is 90.0 Å². The topological polar surface area (TPSA) is 58.6 Å². The first-order valence-corrected chi connectivity index (χ1v) is 12.3. The SMILES string of the molecule is CCOc1ccc(N2C(=O)CS[C@@H]2c2ccc(NC(=O)[C@H](CC)c3ccccc3)cc2)cc1. The molecule has 4 rings (SSSR count). The van der Waals surface area contributed by atoms with Crippen molar-refractivity contribution in [2.45, 2.75) is 31.6 Å². The van der Waals surface area contributed by atoms with E-state index in [1.54, 1.807) is 11.8 Å². The minimum Gasteiger partial charge on any atom is -0.494 e. The second-order valence-corrected chi connectivity index (χ2v) is 8.91. The van der Waals surface area contributed by atoms with Gasteiger partial charge in [-0.25, -0.2) is 0 Å². The Morgan fingerprint density at radius 1 is 1.03 bits per heavy atom. The Morgan fingerprint density at radius 3 is 2.36 bits per heavy atom. The lowest BCUT2D eigenvalue weighted by Gasteiger charge is -2.25. The van der Waals surface area contributed by atoms with E-state index in [9.17, 15) is 9.59 Å². The molecule has 2 amide bonds. The van der Waals surface area contributed by atoms with Crippen molar-refractivity contribution in [1.29, 1.82) is 0 Å². The van der Waals surface area contributed by atoms with Gasteiger partial charge in [-0.2, -0.15) is 0 Å². The molecule has 1 saturated heterocycles. The smallest absolute Gasteiger partial charge is 0.238 e. The summed E-state index contributed by atoms with van der Waals surface area (Å²) >= 11 is 1.60. The van der Waals surface area contributed by atoms with Crippen LogP contribution in [0.1, 0.15) is 42.7 Å². The molecule has 3 aromatic carbocycles. The first kappa shape index (κ1) is 22.9. The van der Waals surface area contributed by atoms with Crippen LogP contribution in [-0.4, -0.2) is 24.2 Å². The van der Waals surface area contributed by atoms with Gasteiger partial charge >= 0.3 is 0 Å². The lowest BCUT2D eigenvalue weighted by atomic mass is 9.95. The summed E-state index contributed by atoms with van der Waals surface area (Å²) in [6, 6.07) is 25.2. The van der Waals surface area contributed by atoms with Crippen LogP contribution in [0.3, 0.4) is 0 Å². The van der Waals surface area contributed by atoms with E-state index in [1.807, 2.05) is 97.6 Å². The molecule has 6 heteroatoms. The monoisotopic (exact) mass is 460 g/mol. The largest absolute Gasteiger partial charge is 0.494 e. The number of hydrogen-bond acceptors (Lipinski definition) is 4. The second kappa shape index (κ2) is 10.6. The van der Waals surface area contributed by atoms with E-state index < -0.39 is 0 Å². The lowest BCUT2D eigenvalue weighted by molar-refractivity contribution is -0.118. The molecule has 33 heavy (non-hydrogen) atoms. The van der Waals surface area contributed by atoms with Gasteiger partial charge in [0.15, 0.2) is 0 Å². The van der Waals surface area contributed by atoms with E-state index >= 15 is 0 Å². The molecule has 2 atom stereocenters. The Morgan fingerprint density at radius 2 is 1.73 bits per heavy atom. The number of carbonyl (C=O) groups excluding carboxylic acids is 2. The summed E-state index contributed by atoms with van der Waals surface area (Å²) in [7, 11) is 0. The van der Waals surface area contributed by atoms with Crippen molar-refractivity contribution in [3.8, 4) is 5.75 Å². The first-order chi connectivity index (χ1) is 16.1. The first-order valence-electron chi connectivity index (χ1n) is 11.2. The lowest BCUT2D eigenvalue weighted by Crippen LogP contribution is -2.27. The third-order valence-corrected chi connectivity index (χ3v) is 6.90. The zero-order valence-electron chi connectivity index (χ0n) is 18.9. The van der Waals surface area contributed by atoms with Crippen LogP contribution in [0.4, 0.5) is 11.4 Å². The van der Waals surface area contributed by atoms with Gasteiger partial charge in [-0.05, 0) is 60.9 Å². The molecule has 1 aliphatic heterocycles. The molecule has 0 spiro atoms. The number of benzene rings is 3. The minimum absolute atomic E-state index is 0.0158. The molecule has 0 unspecified atom stereocenters. The molecule has 1 heterocycles. The third-order valence-electron chi connectivity index (χ3n) is 5.68. The van der Waals surface area contributed by atoms with E-state index in [-0.39, 0.29) is 23.1 Å². The van der Waals surface area contributed by atoms with E-state index in [2.05, 4.69) is 5.32 Å². The number of ether oxygens (including phenoxy) is 1. The summed E-state index contributed by atoms with van der Waals surface area (Å²) in [6.45, 7) is 4.57. The second-order valence-electron chi connectivity index (χ2n) is 7.84. The van der Waals surface area contributed by atoms with Crippen molar-refractivity contribution in [3.63, 3.8) is 0 Å². The van der Waals surface area contributed by atoms with E-state index in [0.29, 0.717) is 12.4 Å². The maximum atomic E-state index is 12.9. The minimum atomic E-state index is -0.191. The van der Waals surface area contributed by atoms with Crippen molar-refractivity contribution in [1.82, 2.24) is 0 Å². The molecule has 0 radical (unpaired) electrons. The summed E-state index contributed by atoms with van der Waals surface area (Å²) < 4.78 is 5.52. The standard InChI is InChI=1S/C27H28N2O3S/c1-3-24(19-8-6-5-7-9-19)26(31)28-21-12-10-20(11-13-21)27-29(25(30)18-33-27)22-14-16-23(17-15-22)32-4-2/h5-17,24,27H,3-4,18H2,1-2H3,(H,28,31)/t24-,27-/m1/s1. The maximum Gasteiger partial charge on any atom is 0.238 e. The highest BCUT2D eigenvalue weighted by Crippen LogP contribution is 2.42. The Kier molecular flexibility index (Phi) is 7.35. The highest BCUT2D eigenvalue weighted by Gasteiger charge is 2.34. The van der Waals surface area contributed by atoms with Gasteiger partial charge in [0.1, 0.15) is 11.1 Å². The summed E-state index contributed by atoms with van der Waals surface area (Å²) in [6.07, 6.45) is 0.728. The summed E-state index contributed by atoms with van der Waals surface area (Å²) in [5, 5.41) is 2.94. The summed E-state index contributed by atoms with van der Waals surface area (Å²) in [5.74, 6) is 1.10. The van der Waals surface area contributed by atoms with Gasteiger partial charge < -0.3 is 10.1 Å². The van der Waals surface area contributed by atoms with Gasteiger partial charge in [-0.15, -0.1) is 11.8 Å². The predicted molar refractivity (Wildman–Crippen MR) is 135 cm³/mol. The average Bonchev–Trinajstić information content (AvgIpc) is 3.23. The van der Waals surface area contributed by atoms with Crippen LogP contribution >= 0.6 is 11.8 Å². The molecule has 1 N–H and O–H groups in total. The Balaban J connectivity index is 1.47. The third kappa shape index (κ3) is 5.22. The Bertz CT molecular complexity index is 1080. The van der Waals surface area contributed by atoms with Crippen LogP contribution in [0.5, 0.6) is 5.75 Å². The number of rotatable bonds is 8. The maximum absolute atomic E-state index is 12.9. The van der Waals surface area contributed by atoms with Gasteiger partial charge in [0.25, 0.3) is 0 Å². The van der Waals surface area contributed by atoms with Gasteiger partial charge in [0.2, 0.25) is 11.8 Å². The molecule has 3 aromatic rings. The van der Waals surface area contributed by atoms with Crippen LogP contribution in [0.2, 0.25) is 0 Å². The van der Waals surface area contributed by atoms with E-state index in [1.165, 1.54) is 0 Å². The van der Waals surface area contributed by atoms with Crippen LogP contribution in [-0.2, 0) is 9.59 Å². The van der Waals surface area contributed by atoms with Gasteiger partial charge in [-0.1, -0.05) is 49.4 Å². The molecule has 0 aromatic heterocycles. The Hall–Kier alpha value is -3.25. The quantitative estimate of drug-likeness (QED) is 0.448. The molecule has 1 aliphatic rings. The highest BCUT2D eigenvalue weighted by atomic mass is 32.2. The fourth-order valence-electron chi connectivity index (χ4n) is 4.04. The zero-order valence-corrected chi connectivity index (χ0v) is 19.7. The van der Waals surface area contributed by atoms with Crippen LogP contribution < -0.4 is 15.0 Å². The number of carbonyl (C=O) groups is 2. The number of nitrogens with one attached hydrogen (secondary N) is 1. The van der Waals surface area contributed by atoms with Crippen molar-refractivity contribution in [2.75, 3.05) is 22.6 Å². The van der Waals surface area contributed by atoms with Gasteiger partial charge in [-0.3, -0.25) is 14.5 Å². The van der Waals surface area contributed by atoms with Gasteiger partial charge in [0, 0.05) is 11.4 Å². The number of anilines is 2. The predicted octanol–water partition coefficient (Wildman–Crippen LogP) is 6.00. The number of amides is 2. The van der Waals surface area contributed by atoms with Gasteiger partial charge in [0.05, 0.1) is 18.3 Å². The van der Waals surface area contributed by atoms with Crippen molar-refractivity contribution in [2.24, 2.45) is 0 Å². The van der Waals surface area contributed by atoms with Crippen molar-refractivity contribution < 1.29 is 14.3 Å². The highest BCUT2D eigenvalue weighted by molar-refractivity contribution is 8.00. The summed E-state index contributed by atoms with van der Waals surface area (Å²) in [5.41, 5.74) is 3.64. The number of hydrogen-bond donors (Lipinski definition) is 1. The molecule has 170 valence electrons. The van der Waals surface area contributed by atoms with E-state index in [0.717, 1.165) is 34.7 Å². The van der Waals surface area contributed by atoms with Crippen molar-refractivity contribution >= 4 is 35.0 Å². The molecule has 0 bridgehead atoms. The zero-order chi connectivity index (χ0) is 23.2. The number of nitrogens with zero attached hydrogens (tertiary/aromatic N) is 1. The molecule has 1 fully saturated rings. The molecular formula is C27H28N2O3S. The molecule has 0 aliphatic carbocycles. The van der Waals surface area contributed by atoms with Crippen LogP contribution in [0.15, 0.2) is 78.9 Å². The molecule has 0 saturated carbocycles.